The van der Waals surface area contributed by atoms with E-state index in [1.54, 1.807) is 0 Å². The lowest BCUT2D eigenvalue weighted by Crippen LogP contribution is -2.09. The molecule has 2 aromatic carbocycles. The monoisotopic (exact) mass is 370 g/mol. The van der Waals surface area contributed by atoms with Crippen LogP contribution in [0.3, 0.4) is 0 Å². The van der Waals surface area contributed by atoms with E-state index in [9.17, 15) is 9.13 Å². The molecule has 0 bridgehead atoms. The van der Waals surface area contributed by atoms with Gasteiger partial charge in [-0.15, -0.1) is 0 Å². The van der Waals surface area contributed by atoms with Crippen molar-refractivity contribution in [3.63, 3.8) is 0 Å². The third kappa shape index (κ3) is 5.38. The molecule has 0 heterocycles. The summed E-state index contributed by atoms with van der Waals surface area (Å²) in [5, 5.41) is -1.93. The van der Waals surface area contributed by atoms with Crippen LogP contribution in [0.5, 0.6) is 0 Å². The number of benzene rings is 2. The molecule has 4 N–H and O–H groups in total. The zero-order valence-corrected chi connectivity index (χ0v) is 14.7. The van der Waals surface area contributed by atoms with Gasteiger partial charge in [-0.3, -0.25) is 9.13 Å². The van der Waals surface area contributed by atoms with Gasteiger partial charge < -0.3 is 19.6 Å². The van der Waals surface area contributed by atoms with E-state index in [4.69, 9.17) is 19.6 Å². The largest absolute Gasteiger partial charge is 0.340 e. The van der Waals surface area contributed by atoms with Gasteiger partial charge in [0.05, 0.1) is 0 Å². The van der Waals surface area contributed by atoms with Gasteiger partial charge in [0.2, 0.25) is 0 Å². The maximum Gasteiger partial charge on any atom is 0.340 e. The van der Waals surface area contributed by atoms with Crippen LogP contribution < -0.4 is 0 Å². The van der Waals surface area contributed by atoms with Crippen molar-refractivity contribution in [3.05, 3.63) is 60.2 Å². The van der Waals surface area contributed by atoms with Crippen LogP contribution in [-0.4, -0.2) is 25.0 Å². The molecule has 6 nitrogen and oxygen atoms in total. The van der Waals surface area contributed by atoms with Crippen LogP contribution in [0.2, 0.25) is 0 Å². The van der Waals surface area contributed by atoms with Crippen molar-refractivity contribution in [1.29, 1.82) is 0 Å². The molecule has 130 valence electrons. The first-order chi connectivity index (χ1) is 11.2. The van der Waals surface area contributed by atoms with Crippen molar-refractivity contribution in [2.75, 3.05) is 0 Å². The molecule has 24 heavy (non-hydrogen) atoms. The van der Waals surface area contributed by atoms with E-state index in [-0.39, 0.29) is 12.8 Å². The van der Waals surface area contributed by atoms with Crippen LogP contribution in [-0.2, 0) is 15.6 Å². The van der Waals surface area contributed by atoms with Gasteiger partial charge in [0.25, 0.3) is 0 Å². The van der Waals surface area contributed by atoms with Gasteiger partial charge in [0.15, 0.2) is 5.40 Å². The van der Waals surface area contributed by atoms with Crippen LogP contribution in [0.15, 0.2) is 54.6 Å². The zero-order chi connectivity index (χ0) is 17.8. The lowest BCUT2D eigenvalue weighted by molar-refractivity contribution is 0.334. The lowest BCUT2D eigenvalue weighted by atomic mass is 10.0. The summed E-state index contributed by atoms with van der Waals surface area (Å²) in [7, 11) is -9.68. The maximum absolute atomic E-state index is 11.3. The molecule has 0 aliphatic rings. The van der Waals surface area contributed by atoms with Gasteiger partial charge in [0.1, 0.15) is 0 Å². The normalized spacial score (nSPS) is 12.5. The molecule has 0 aliphatic heterocycles. The van der Waals surface area contributed by atoms with Gasteiger partial charge in [-0.25, -0.2) is 0 Å². The summed E-state index contributed by atoms with van der Waals surface area (Å²) in [6, 6.07) is 17.5. The number of hydrogen-bond donors (Lipinski definition) is 4. The standard InChI is InChI=1S/C16H20O6P2/c17-23(18,19)16(24(20,21)22)11-5-7-13-6-4-10-15(12-13)14-8-2-1-3-9-14/h1-4,6,8-10,12,16H,5,7,11H2,(H2,17,18,19)(H2,20,21,22). The van der Waals surface area contributed by atoms with Crippen molar-refractivity contribution in [1.82, 2.24) is 0 Å². The third-order valence-electron chi connectivity index (χ3n) is 3.74. The Kier molecular flexibility index (Phi) is 6.16. The first-order valence-corrected chi connectivity index (χ1v) is 10.8. The second kappa shape index (κ2) is 7.75. The molecule has 0 aliphatic carbocycles. The Morgan fingerprint density at radius 3 is 1.96 bits per heavy atom. The number of rotatable bonds is 7. The molecule has 0 saturated carbocycles. The molecule has 0 radical (unpaired) electrons. The third-order valence-corrected chi connectivity index (χ3v) is 7.61. The van der Waals surface area contributed by atoms with Gasteiger partial charge in [-0.1, -0.05) is 54.6 Å². The molecule has 2 aromatic rings. The Balaban J connectivity index is 2.05. The summed E-state index contributed by atoms with van der Waals surface area (Å²) < 4.78 is 22.5. The molecule has 0 unspecified atom stereocenters. The highest BCUT2D eigenvalue weighted by Gasteiger charge is 2.42. The Bertz CT molecular complexity index is 743. The summed E-state index contributed by atoms with van der Waals surface area (Å²) >= 11 is 0. The Morgan fingerprint density at radius 1 is 0.792 bits per heavy atom. The van der Waals surface area contributed by atoms with Crippen molar-refractivity contribution >= 4 is 15.2 Å². The van der Waals surface area contributed by atoms with E-state index in [2.05, 4.69) is 0 Å². The minimum atomic E-state index is -4.84. The zero-order valence-electron chi connectivity index (χ0n) is 12.9. The van der Waals surface area contributed by atoms with E-state index in [1.807, 2.05) is 54.6 Å². The van der Waals surface area contributed by atoms with E-state index in [0.717, 1.165) is 16.7 Å². The number of hydrogen-bond acceptors (Lipinski definition) is 2. The minimum absolute atomic E-state index is 0.232. The van der Waals surface area contributed by atoms with E-state index < -0.39 is 20.6 Å². The topological polar surface area (TPSA) is 115 Å². The van der Waals surface area contributed by atoms with Crippen LogP contribution in [0.1, 0.15) is 18.4 Å². The predicted molar refractivity (Wildman–Crippen MR) is 92.7 cm³/mol. The molecular weight excluding hydrogens is 350 g/mol. The first-order valence-electron chi connectivity index (χ1n) is 7.43. The highest BCUT2D eigenvalue weighted by atomic mass is 31.2. The number of aryl methyl sites for hydroxylation is 1. The van der Waals surface area contributed by atoms with Crippen LogP contribution in [0.25, 0.3) is 11.1 Å². The van der Waals surface area contributed by atoms with E-state index >= 15 is 0 Å². The SMILES string of the molecule is O=P(O)(O)C(CCCc1cccc(-c2ccccc2)c1)P(=O)(O)O. The second-order valence-electron chi connectivity index (χ2n) is 5.62. The fourth-order valence-corrected chi connectivity index (χ4v) is 5.16. The van der Waals surface area contributed by atoms with Crippen molar-refractivity contribution in [2.24, 2.45) is 0 Å². The van der Waals surface area contributed by atoms with Gasteiger partial charge in [0, 0.05) is 0 Å². The Labute approximate surface area is 140 Å². The summed E-state index contributed by atoms with van der Waals surface area (Å²) in [5.74, 6) is 0. The molecule has 2 rings (SSSR count). The average molecular weight is 370 g/mol. The quantitative estimate of drug-likeness (QED) is 0.556. The Hall–Kier alpha value is -1.26. The second-order valence-corrected chi connectivity index (χ2v) is 9.63. The molecule has 8 heteroatoms. The van der Waals surface area contributed by atoms with Crippen molar-refractivity contribution in [2.45, 2.75) is 24.7 Å². The molecule has 0 amide bonds. The maximum atomic E-state index is 11.3. The molecule has 0 spiro atoms. The van der Waals surface area contributed by atoms with E-state index in [1.165, 1.54) is 0 Å². The molecule has 0 atom stereocenters. The average Bonchev–Trinajstić information content (AvgIpc) is 2.50. The highest BCUT2D eigenvalue weighted by Crippen LogP contribution is 2.61. The molecule has 0 aromatic heterocycles. The minimum Gasteiger partial charge on any atom is -0.324 e. The molecular formula is C16H20O6P2. The van der Waals surface area contributed by atoms with E-state index in [0.29, 0.717) is 6.42 Å². The predicted octanol–water partition coefficient (Wildman–Crippen LogP) is 3.36. The van der Waals surface area contributed by atoms with Crippen molar-refractivity contribution in [3.8, 4) is 11.1 Å². The lowest BCUT2D eigenvalue weighted by Gasteiger charge is -2.19. The van der Waals surface area contributed by atoms with Gasteiger partial charge in [-0.05, 0) is 36.0 Å². The fourth-order valence-electron chi connectivity index (χ4n) is 2.56. The van der Waals surface area contributed by atoms with Crippen LogP contribution in [0, 0.1) is 0 Å². The highest BCUT2D eigenvalue weighted by molar-refractivity contribution is 7.70. The fraction of sp³-hybridized carbons (Fsp3) is 0.250. The first kappa shape index (κ1) is 19.1. The summed E-state index contributed by atoms with van der Waals surface area (Å²) in [6.45, 7) is 0. The van der Waals surface area contributed by atoms with Gasteiger partial charge in [-0.2, -0.15) is 0 Å². The van der Waals surface area contributed by atoms with Gasteiger partial charge >= 0.3 is 15.2 Å². The molecule has 0 fully saturated rings. The van der Waals surface area contributed by atoms with Crippen LogP contribution in [0.4, 0.5) is 0 Å². The molecule has 0 saturated heterocycles. The summed E-state index contributed by atoms with van der Waals surface area (Å²) in [4.78, 5) is 36.5. The van der Waals surface area contributed by atoms with Crippen molar-refractivity contribution < 1.29 is 28.7 Å². The summed E-state index contributed by atoms with van der Waals surface area (Å²) in [5.41, 5.74) is 3.03. The summed E-state index contributed by atoms with van der Waals surface area (Å²) in [6.07, 6.45) is 0.528. The Morgan fingerprint density at radius 2 is 1.38 bits per heavy atom. The smallest absolute Gasteiger partial charge is 0.324 e. The van der Waals surface area contributed by atoms with Crippen LogP contribution >= 0.6 is 15.2 Å².